The molecule has 2 aromatic carbocycles. The number of nitrogens with one attached hydrogen (secondary N) is 1. The summed E-state index contributed by atoms with van der Waals surface area (Å²) < 4.78 is 53.6. The fourth-order valence-corrected chi connectivity index (χ4v) is 3.37. The molecule has 0 aliphatic carbocycles. The van der Waals surface area contributed by atoms with Gasteiger partial charge in [-0.2, -0.15) is 13.2 Å². The van der Waals surface area contributed by atoms with Gasteiger partial charge in [0.2, 0.25) is 0 Å². The van der Waals surface area contributed by atoms with E-state index in [4.69, 9.17) is 0 Å². The molecule has 1 N–H and O–H groups in total. The topological polar surface area (TPSA) is 42.0 Å². The van der Waals surface area contributed by atoms with Crippen LogP contribution in [0.15, 0.2) is 54.7 Å². The van der Waals surface area contributed by atoms with Crippen LogP contribution < -0.4 is 5.32 Å². The van der Waals surface area contributed by atoms with Gasteiger partial charge in [0, 0.05) is 11.6 Å². The second-order valence-electron chi connectivity index (χ2n) is 6.93. The van der Waals surface area contributed by atoms with Crippen molar-refractivity contribution >= 4 is 16.8 Å². The number of hydrogen-bond donors (Lipinski definition) is 1. The first-order valence-corrected chi connectivity index (χ1v) is 8.59. The highest BCUT2D eigenvalue weighted by Gasteiger charge is 2.42. The van der Waals surface area contributed by atoms with Gasteiger partial charge < -0.3 is 5.32 Å². The Bertz CT molecular complexity index is 1030. The number of nitrogens with zero attached hydrogens (tertiary/aromatic N) is 1. The van der Waals surface area contributed by atoms with E-state index < -0.39 is 29.9 Å². The number of para-hydroxylation sites is 1. The van der Waals surface area contributed by atoms with Crippen LogP contribution in [0, 0.1) is 12.7 Å². The van der Waals surface area contributed by atoms with E-state index in [9.17, 15) is 22.4 Å². The van der Waals surface area contributed by atoms with Crippen LogP contribution in [-0.2, 0) is 5.54 Å². The van der Waals surface area contributed by atoms with Gasteiger partial charge in [-0.05, 0) is 37.1 Å². The number of aromatic nitrogens is 1. The predicted molar refractivity (Wildman–Crippen MR) is 98.4 cm³/mol. The molecule has 1 heterocycles. The molecule has 1 unspecified atom stereocenters. The molecule has 1 aromatic heterocycles. The van der Waals surface area contributed by atoms with E-state index in [1.54, 1.807) is 37.3 Å². The number of alkyl halides is 3. The van der Waals surface area contributed by atoms with Gasteiger partial charge >= 0.3 is 6.18 Å². The van der Waals surface area contributed by atoms with Crippen molar-refractivity contribution in [3.05, 3.63) is 77.2 Å². The number of benzene rings is 2. The summed E-state index contributed by atoms with van der Waals surface area (Å²) in [4.78, 5) is 16.7. The molecular formula is C21H18F4N2O. The summed E-state index contributed by atoms with van der Waals surface area (Å²) in [6, 6.07) is 12.3. The van der Waals surface area contributed by atoms with Gasteiger partial charge in [0.05, 0.1) is 17.5 Å². The maximum absolute atomic E-state index is 13.8. The first-order valence-electron chi connectivity index (χ1n) is 8.59. The SMILES string of the molecule is Cc1ccccc1C(C)(CC(F)(F)F)NC(=O)c1cnc2c(F)cccc2c1. The van der Waals surface area contributed by atoms with Crippen molar-refractivity contribution in [3.63, 3.8) is 0 Å². The molecule has 28 heavy (non-hydrogen) atoms. The molecule has 146 valence electrons. The van der Waals surface area contributed by atoms with Crippen LogP contribution >= 0.6 is 0 Å². The lowest BCUT2D eigenvalue weighted by Crippen LogP contribution is -2.46. The third-order valence-electron chi connectivity index (χ3n) is 4.61. The Morgan fingerprint density at radius 1 is 1.11 bits per heavy atom. The van der Waals surface area contributed by atoms with Gasteiger partial charge in [0.15, 0.2) is 0 Å². The number of aryl methyl sites for hydroxylation is 1. The summed E-state index contributed by atoms with van der Waals surface area (Å²) in [6.07, 6.45) is -4.56. The average molecular weight is 390 g/mol. The summed E-state index contributed by atoms with van der Waals surface area (Å²) in [5.74, 6) is -1.25. The second-order valence-corrected chi connectivity index (χ2v) is 6.93. The lowest BCUT2D eigenvalue weighted by Gasteiger charge is -2.33. The third-order valence-corrected chi connectivity index (χ3v) is 4.61. The highest BCUT2D eigenvalue weighted by atomic mass is 19.4. The maximum atomic E-state index is 13.8. The summed E-state index contributed by atoms with van der Waals surface area (Å²) in [5.41, 5.74) is -0.512. The molecule has 7 heteroatoms. The quantitative estimate of drug-likeness (QED) is 0.616. The predicted octanol–water partition coefficient (Wildman–Crippen LogP) is 5.28. The zero-order chi connectivity index (χ0) is 20.5. The van der Waals surface area contributed by atoms with Gasteiger partial charge in [-0.25, -0.2) is 4.39 Å². The second kappa shape index (κ2) is 7.22. The van der Waals surface area contributed by atoms with E-state index in [2.05, 4.69) is 10.3 Å². The van der Waals surface area contributed by atoms with Gasteiger partial charge in [-0.1, -0.05) is 36.4 Å². The van der Waals surface area contributed by atoms with E-state index in [1.165, 1.54) is 25.1 Å². The number of pyridine rings is 1. The Balaban J connectivity index is 1.99. The Kier molecular flexibility index (Phi) is 5.10. The Morgan fingerprint density at radius 3 is 2.50 bits per heavy atom. The van der Waals surface area contributed by atoms with Crippen LogP contribution in [0.25, 0.3) is 10.9 Å². The molecule has 0 radical (unpaired) electrons. The molecule has 0 bridgehead atoms. The molecule has 0 saturated heterocycles. The fourth-order valence-electron chi connectivity index (χ4n) is 3.37. The lowest BCUT2D eigenvalue weighted by molar-refractivity contribution is -0.148. The molecule has 0 aliphatic rings. The van der Waals surface area contributed by atoms with Crippen molar-refractivity contribution in [3.8, 4) is 0 Å². The zero-order valence-electron chi connectivity index (χ0n) is 15.3. The fraction of sp³-hybridized carbons (Fsp3) is 0.238. The van der Waals surface area contributed by atoms with Crippen molar-refractivity contribution in [2.45, 2.75) is 32.0 Å². The van der Waals surface area contributed by atoms with Crippen LogP contribution in [0.3, 0.4) is 0 Å². The largest absolute Gasteiger partial charge is 0.391 e. The molecule has 1 amide bonds. The number of amides is 1. The third kappa shape index (κ3) is 4.13. The number of rotatable bonds is 4. The van der Waals surface area contributed by atoms with E-state index in [0.29, 0.717) is 16.5 Å². The lowest BCUT2D eigenvalue weighted by atomic mass is 9.85. The van der Waals surface area contributed by atoms with E-state index in [-0.39, 0.29) is 11.1 Å². The molecule has 0 saturated carbocycles. The Labute approximate surface area is 159 Å². The van der Waals surface area contributed by atoms with Gasteiger partial charge in [-0.15, -0.1) is 0 Å². The van der Waals surface area contributed by atoms with Crippen molar-refractivity contribution in [1.29, 1.82) is 0 Å². The van der Waals surface area contributed by atoms with Gasteiger partial charge in [0.25, 0.3) is 5.91 Å². The molecule has 3 aromatic rings. The van der Waals surface area contributed by atoms with Crippen LogP contribution in [0.5, 0.6) is 0 Å². The van der Waals surface area contributed by atoms with E-state index >= 15 is 0 Å². The highest BCUT2D eigenvalue weighted by molar-refractivity contribution is 5.97. The normalized spacial score (nSPS) is 13.9. The minimum absolute atomic E-state index is 0.0556. The Morgan fingerprint density at radius 2 is 1.82 bits per heavy atom. The minimum Gasteiger partial charge on any atom is -0.342 e. The van der Waals surface area contributed by atoms with Crippen molar-refractivity contribution in [2.75, 3.05) is 0 Å². The molecule has 0 aliphatic heterocycles. The number of fused-ring (bicyclic) bond motifs is 1. The smallest absolute Gasteiger partial charge is 0.342 e. The van der Waals surface area contributed by atoms with Crippen molar-refractivity contribution < 1.29 is 22.4 Å². The molecular weight excluding hydrogens is 372 g/mol. The molecule has 0 fully saturated rings. The van der Waals surface area contributed by atoms with Crippen LogP contribution in [0.4, 0.5) is 17.6 Å². The standard InChI is InChI=1S/C21H18F4N2O/c1-13-6-3-4-8-16(13)20(2,12-21(23,24)25)27-19(28)15-10-14-7-5-9-17(22)18(14)26-11-15/h3-11H,12H2,1-2H3,(H,27,28). The zero-order valence-corrected chi connectivity index (χ0v) is 15.3. The number of halogens is 4. The van der Waals surface area contributed by atoms with Gasteiger partial charge in [-0.3, -0.25) is 9.78 Å². The maximum Gasteiger partial charge on any atom is 0.391 e. The molecule has 0 spiro atoms. The van der Waals surface area contributed by atoms with E-state index in [1.807, 2.05) is 0 Å². The Hall–Kier alpha value is -2.96. The summed E-state index contributed by atoms with van der Waals surface area (Å²) >= 11 is 0. The molecule has 1 atom stereocenters. The monoisotopic (exact) mass is 390 g/mol. The summed E-state index contributed by atoms with van der Waals surface area (Å²) in [5, 5.41) is 2.90. The van der Waals surface area contributed by atoms with Crippen molar-refractivity contribution in [1.82, 2.24) is 10.3 Å². The molecule has 3 nitrogen and oxygen atoms in total. The minimum atomic E-state index is -4.49. The molecule has 3 rings (SSSR count). The summed E-state index contributed by atoms with van der Waals surface area (Å²) in [6.45, 7) is 3.03. The number of hydrogen-bond acceptors (Lipinski definition) is 2. The van der Waals surface area contributed by atoms with Crippen LogP contribution in [-0.4, -0.2) is 17.1 Å². The van der Waals surface area contributed by atoms with Crippen molar-refractivity contribution in [2.24, 2.45) is 0 Å². The average Bonchev–Trinajstić information content (AvgIpc) is 2.60. The van der Waals surface area contributed by atoms with Crippen LogP contribution in [0.1, 0.15) is 34.8 Å². The first kappa shape index (κ1) is 19.8. The van der Waals surface area contributed by atoms with Crippen LogP contribution in [0.2, 0.25) is 0 Å². The highest BCUT2D eigenvalue weighted by Crippen LogP contribution is 2.36. The van der Waals surface area contributed by atoms with Gasteiger partial charge in [0.1, 0.15) is 11.3 Å². The number of carbonyl (C=O) groups excluding carboxylic acids is 1. The van der Waals surface area contributed by atoms with E-state index in [0.717, 1.165) is 6.20 Å². The summed E-state index contributed by atoms with van der Waals surface area (Å²) in [7, 11) is 0. The first-order chi connectivity index (χ1) is 13.1. The number of carbonyl (C=O) groups is 1.